The second kappa shape index (κ2) is 11.8. The predicted molar refractivity (Wildman–Crippen MR) is 126 cm³/mol. The van der Waals surface area contributed by atoms with Gasteiger partial charge in [0, 0.05) is 30.6 Å². The van der Waals surface area contributed by atoms with E-state index in [0.29, 0.717) is 19.5 Å². The van der Waals surface area contributed by atoms with Gasteiger partial charge in [-0.3, -0.25) is 14.5 Å². The molecule has 1 heterocycles. The molecule has 2 aliphatic rings. The first-order valence-corrected chi connectivity index (χ1v) is 11.5. The average Bonchev–Trinajstić information content (AvgIpc) is 2.86. The van der Waals surface area contributed by atoms with Crippen molar-refractivity contribution in [1.29, 1.82) is 0 Å². The van der Waals surface area contributed by atoms with Crippen LogP contribution in [0.15, 0.2) is 54.6 Å². The van der Waals surface area contributed by atoms with Crippen LogP contribution < -0.4 is 10.1 Å². The normalized spacial score (nSPS) is 24.5. The monoisotopic (exact) mass is 454 g/mol. The molecule has 0 spiro atoms. The van der Waals surface area contributed by atoms with Gasteiger partial charge in [0.15, 0.2) is 0 Å². The minimum atomic E-state index is -0.795. The van der Waals surface area contributed by atoms with Crippen LogP contribution in [-0.4, -0.2) is 53.7 Å². The van der Waals surface area contributed by atoms with Gasteiger partial charge in [-0.2, -0.15) is 0 Å². The molecule has 0 radical (unpaired) electrons. The summed E-state index contributed by atoms with van der Waals surface area (Å²) >= 11 is 0. The molecule has 0 unspecified atom stereocenters. The maximum atomic E-state index is 12.7. The zero-order valence-corrected chi connectivity index (χ0v) is 19.2. The third-order valence-corrected chi connectivity index (χ3v) is 6.88. The van der Waals surface area contributed by atoms with Gasteiger partial charge >= 0.3 is 0 Å². The molecule has 3 atom stereocenters. The smallest absolute Gasteiger partial charge is 0.290 e. The van der Waals surface area contributed by atoms with Crippen LogP contribution in [0.4, 0.5) is 0 Å². The van der Waals surface area contributed by atoms with Gasteiger partial charge < -0.3 is 20.3 Å². The number of fused-ring (bicyclic) bond motifs is 1. The van der Waals surface area contributed by atoms with Crippen LogP contribution in [0.3, 0.4) is 0 Å². The van der Waals surface area contributed by atoms with Gasteiger partial charge in [-0.1, -0.05) is 61.4 Å². The Balaban J connectivity index is 0.000000968. The number of nitrogens with zero attached hydrogens (tertiary/aromatic N) is 1. The van der Waals surface area contributed by atoms with E-state index in [2.05, 4.69) is 10.2 Å². The number of rotatable bonds is 6. The lowest BCUT2D eigenvalue weighted by atomic mass is 9.66. The first-order valence-electron chi connectivity index (χ1n) is 11.5. The fraction of sp³-hybridized carbons (Fsp3) is 0.462. The van der Waals surface area contributed by atoms with Crippen LogP contribution in [0.2, 0.25) is 0 Å². The van der Waals surface area contributed by atoms with Crippen LogP contribution in [-0.2, 0) is 21.7 Å². The quantitative estimate of drug-likeness (QED) is 0.580. The van der Waals surface area contributed by atoms with E-state index in [0.717, 1.165) is 49.1 Å². The number of hydrogen-bond acceptors (Lipinski definition) is 5. The number of amides is 1. The minimum Gasteiger partial charge on any atom is -0.496 e. The van der Waals surface area contributed by atoms with Crippen molar-refractivity contribution < 1.29 is 24.5 Å². The maximum absolute atomic E-state index is 12.7. The van der Waals surface area contributed by atoms with E-state index in [9.17, 15) is 9.90 Å². The Kier molecular flexibility index (Phi) is 8.86. The van der Waals surface area contributed by atoms with Crippen LogP contribution in [0.5, 0.6) is 5.75 Å². The summed E-state index contributed by atoms with van der Waals surface area (Å²) in [7, 11) is 1.64. The maximum Gasteiger partial charge on any atom is 0.290 e. The molecule has 1 saturated heterocycles. The Bertz CT molecular complexity index is 907. The molecule has 0 aromatic heterocycles. The number of hydrogen-bond donors (Lipinski definition) is 3. The van der Waals surface area contributed by atoms with Gasteiger partial charge in [-0.25, -0.2) is 0 Å². The Morgan fingerprint density at radius 2 is 1.82 bits per heavy atom. The van der Waals surface area contributed by atoms with Crippen molar-refractivity contribution in [1.82, 2.24) is 10.2 Å². The molecular weight excluding hydrogens is 420 g/mol. The summed E-state index contributed by atoms with van der Waals surface area (Å²) in [6, 6.07) is 18.1. The largest absolute Gasteiger partial charge is 0.496 e. The summed E-state index contributed by atoms with van der Waals surface area (Å²) in [6.45, 7) is 1.31. The average molecular weight is 455 g/mol. The highest BCUT2D eigenvalue weighted by atomic mass is 16.5. The van der Waals surface area contributed by atoms with Crippen molar-refractivity contribution in [2.24, 2.45) is 5.92 Å². The highest BCUT2D eigenvalue weighted by molar-refractivity contribution is 5.78. The number of benzene rings is 2. The first kappa shape index (κ1) is 24.7. The number of piperidine rings is 1. The van der Waals surface area contributed by atoms with E-state index in [1.54, 1.807) is 7.11 Å². The Hall–Kier alpha value is -2.90. The Morgan fingerprint density at radius 1 is 1.15 bits per heavy atom. The fourth-order valence-electron chi connectivity index (χ4n) is 5.34. The number of carboxylic acid groups (broad SMARTS) is 1. The zero-order valence-electron chi connectivity index (χ0n) is 19.2. The molecular formula is C26H34N2O5. The number of para-hydroxylation sites is 1. The number of likely N-dealkylation sites (tertiary alicyclic amines) is 1. The highest BCUT2D eigenvalue weighted by Gasteiger charge is 2.49. The number of nitrogens with one attached hydrogen (secondary N) is 1. The lowest BCUT2D eigenvalue weighted by Gasteiger charge is -2.52. The van der Waals surface area contributed by atoms with Crippen LogP contribution >= 0.6 is 0 Å². The second-order valence-electron chi connectivity index (χ2n) is 8.66. The van der Waals surface area contributed by atoms with E-state index >= 15 is 0 Å². The van der Waals surface area contributed by atoms with Crippen LogP contribution in [0.1, 0.15) is 43.2 Å². The van der Waals surface area contributed by atoms with Crippen LogP contribution in [0, 0.1) is 5.92 Å². The molecule has 7 nitrogen and oxygen atoms in total. The summed E-state index contributed by atoms with van der Waals surface area (Å²) in [6.07, 6.45) is 5.02. The number of aliphatic hydroxyl groups is 1. The molecule has 2 aromatic carbocycles. The lowest BCUT2D eigenvalue weighted by Crippen LogP contribution is -2.59. The summed E-state index contributed by atoms with van der Waals surface area (Å²) in [5.41, 5.74) is 1.19. The van der Waals surface area contributed by atoms with Crippen molar-refractivity contribution in [3.8, 4) is 5.75 Å². The fourth-order valence-corrected chi connectivity index (χ4v) is 5.34. The Morgan fingerprint density at radius 3 is 2.55 bits per heavy atom. The molecule has 2 fully saturated rings. The molecule has 1 amide bonds. The van der Waals surface area contributed by atoms with Crippen LogP contribution in [0.25, 0.3) is 0 Å². The second-order valence-corrected chi connectivity index (χ2v) is 8.66. The number of carbonyl (C=O) groups excluding carboxylic acids is 1. The standard InChI is InChI=1S/C25H32N2O3.CH2O2/c1-30-23-14-8-5-9-19(23)17-26-24(28)18-27-16-15-25(29,20-10-3-2-4-11-20)21-12-6-7-13-22(21)27;2-1-3/h2-5,8-11,14,21-22,29H,6-7,12-13,15-18H2,1H3,(H,26,28);1H,(H,2,3)/t21-,22+,25+;/m0./s1. The molecule has 3 N–H and O–H groups in total. The molecule has 178 valence electrons. The van der Waals surface area contributed by atoms with Gasteiger partial charge in [0.2, 0.25) is 5.91 Å². The van der Waals surface area contributed by atoms with Crippen molar-refractivity contribution >= 4 is 12.4 Å². The first-order chi connectivity index (χ1) is 16.0. The summed E-state index contributed by atoms with van der Waals surface area (Å²) in [4.78, 5) is 23.4. The third-order valence-electron chi connectivity index (χ3n) is 6.88. The van der Waals surface area contributed by atoms with E-state index in [1.165, 1.54) is 0 Å². The van der Waals surface area contributed by atoms with E-state index in [4.69, 9.17) is 14.6 Å². The molecule has 2 aromatic rings. The number of carbonyl (C=O) groups is 2. The predicted octanol–water partition coefficient (Wildman–Crippen LogP) is 3.16. The van der Waals surface area contributed by atoms with Gasteiger partial charge in [-0.05, 0) is 30.9 Å². The van der Waals surface area contributed by atoms with E-state index in [-0.39, 0.29) is 24.3 Å². The van der Waals surface area contributed by atoms with Crippen molar-refractivity contribution in [3.63, 3.8) is 0 Å². The van der Waals surface area contributed by atoms with Crippen molar-refractivity contribution in [3.05, 3.63) is 65.7 Å². The summed E-state index contributed by atoms with van der Waals surface area (Å²) in [5, 5.41) is 21.6. The Labute approximate surface area is 195 Å². The molecule has 4 rings (SSSR count). The van der Waals surface area contributed by atoms with Gasteiger partial charge in [0.05, 0.1) is 19.3 Å². The summed E-state index contributed by atoms with van der Waals surface area (Å²) < 4.78 is 5.37. The van der Waals surface area contributed by atoms with Gasteiger partial charge in [0.1, 0.15) is 5.75 Å². The lowest BCUT2D eigenvalue weighted by molar-refractivity contribution is -0.136. The van der Waals surface area contributed by atoms with E-state index < -0.39 is 5.60 Å². The topological polar surface area (TPSA) is 99.1 Å². The molecule has 1 aliphatic heterocycles. The SMILES string of the molecule is COc1ccccc1CNC(=O)CN1CC[C@@](O)(c2ccccc2)[C@H]2CCCC[C@H]21.O=CO. The van der Waals surface area contributed by atoms with Gasteiger partial charge in [0.25, 0.3) is 6.47 Å². The molecule has 7 heteroatoms. The number of methoxy groups -OCH3 is 1. The number of ether oxygens (including phenoxy) is 1. The van der Waals surface area contributed by atoms with Crippen molar-refractivity contribution in [2.75, 3.05) is 20.2 Å². The van der Waals surface area contributed by atoms with E-state index in [1.807, 2.05) is 54.6 Å². The highest BCUT2D eigenvalue weighted by Crippen LogP contribution is 2.46. The molecule has 1 aliphatic carbocycles. The summed E-state index contributed by atoms with van der Waals surface area (Å²) in [5.74, 6) is 0.982. The minimum absolute atomic E-state index is 0.0235. The van der Waals surface area contributed by atoms with Crippen molar-refractivity contribution in [2.45, 2.75) is 50.3 Å². The zero-order chi connectivity index (χ0) is 23.7. The molecule has 1 saturated carbocycles. The third kappa shape index (κ3) is 5.92. The molecule has 0 bridgehead atoms. The molecule has 33 heavy (non-hydrogen) atoms. The van der Waals surface area contributed by atoms with Gasteiger partial charge in [-0.15, -0.1) is 0 Å².